The zero-order chi connectivity index (χ0) is 35.7. The third-order valence-electron chi connectivity index (χ3n) is 9.09. The van der Waals surface area contributed by atoms with Crippen molar-refractivity contribution in [3.05, 3.63) is 24.3 Å². The molecule has 0 aliphatic carbocycles. The van der Waals surface area contributed by atoms with Crippen LogP contribution in [0.3, 0.4) is 0 Å². The van der Waals surface area contributed by atoms with E-state index in [1.54, 1.807) is 0 Å². The van der Waals surface area contributed by atoms with E-state index >= 15 is 0 Å². The number of hydrogen-bond donors (Lipinski definition) is 1. The van der Waals surface area contributed by atoms with Crippen LogP contribution in [0.4, 0.5) is 0 Å². The SMILES string of the molecule is CCCCCCCC/C=C\CCCCCCCCOC[C@H](COC(=O)CCC(=O)O)OCCCCCCCC/C=C\CCCCCCCC. The molecule has 0 aromatic heterocycles. The predicted molar refractivity (Wildman–Crippen MR) is 207 cm³/mol. The summed E-state index contributed by atoms with van der Waals surface area (Å²) in [6.07, 6.45) is 44.6. The highest BCUT2D eigenvalue weighted by atomic mass is 16.6. The van der Waals surface area contributed by atoms with E-state index in [4.69, 9.17) is 19.3 Å². The smallest absolute Gasteiger partial charge is 0.306 e. The Hall–Kier alpha value is -1.66. The molecule has 0 bridgehead atoms. The number of esters is 1. The van der Waals surface area contributed by atoms with Gasteiger partial charge in [0.05, 0.1) is 19.4 Å². The summed E-state index contributed by atoms with van der Waals surface area (Å²) in [7, 11) is 0. The largest absolute Gasteiger partial charge is 0.481 e. The van der Waals surface area contributed by atoms with Crippen LogP contribution in [-0.2, 0) is 23.8 Å². The molecule has 288 valence electrons. The van der Waals surface area contributed by atoms with Crippen LogP contribution >= 0.6 is 0 Å². The molecule has 0 aliphatic rings. The van der Waals surface area contributed by atoms with Crippen molar-refractivity contribution in [3.63, 3.8) is 0 Å². The van der Waals surface area contributed by atoms with Crippen LogP contribution < -0.4 is 0 Å². The first-order chi connectivity index (χ1) is 24.1. The Morgan fingerprint density at radius 2 is 0.878 bits per heavy atom. The van der Waals surface area contributed by atoms with E-state index in [1.807, 2.05) is 0 Å². The second-order valence-electron chi connectivity index (χ2n) is 14.0. The van der Waals surface area contributed by atoms with Gasteiger partial charge < -0.3 is 19.3 Å². The number of rotatable bonds is 40. The Morgan fingerprint density at radius 3 is 1.31 bits per heavy atom. The van der Waals surface area contributed by atoms with Crippen molar-refractivity contribution in [3.8, 4) is 0 Å². The van der Waals surface area contributed by atoms with E-state index in [-0.39, 0.29) is 25.6 Å². The van der Waals surface area contributed by atoms with E-state index in [0.29, 0.717) is 19.8 Å². The third-order valence-corrected chi connectivity index (χ3v) is 9.09. The Bertz CT molecular complexity index is 749. The average molecular weight is 693 g/mol. The Morgan fingerprint density at radius 1 is 0.490 bits per heavy atom. The molecule has 1 atom stereocenters. The molecule has 6 heteroatoms. The Balaban J connectivity index is 3.90. The molecule has 1 N–H and O–H groups in total. The number of carbonyl (C=O) groups excluding carboxylic acids is 1. The number of carbonyl (C=O) groups is 2. The summed E-state index contributed by atoms with van der Waals surface area (Å²) in [5, 5.41) is 8.82. The maximum atomic E-state index is 11.9. The monoisotopic (exact) mass is 693 g/mol. The summed E-state index contributed by atoms with van der Waals surface area (Å²) < 4.78 is 17.2. The normalized spacial score (nSPS) is 12.4. The maximum Gasteiger partial charge on any atom is 0.306 e. The first-order valence-electron chi connectivity index (χ1n) is 21.0. The van der Waals surface area contributed by atoms with Gasteiger partial charge in [0.1, 0.15) is 12.7 Å². The molecular weight excluding hydrogens is 612 g/mol. The van der Waals surface area contributed by atoms with Crippen LogP contribution in [0.1, 0.15) is 206 Å². The molecule has 0 amide bonds. The minimum absolute atomic E-state index is 0.109. The molecule has 0 unspecified atom stereocenters. The lowest BCUT2D eigenvalue weighted by molar-refractivity contribution is -0.152. The Kier molecular flexibility index (Phi) is 39.4. The summed E-state index contributed by atoms with van der Waals surface area (Å²) in [6, 6.07) is 0. The molecule has 0 radical (unpaired) electrons. The summed E-state index contributed by atoms with van der Waals surface area (Å²) in [5.74, 6) is -1.50. The van der Waals surface area contributed by atoms with Gasteiger partial charge >= 0.3 is 11.9 Å². The maximum absolute atomic E-state index is 11.9. The molecule has 0 aromatic rings. The number of aliphatic carboxylic acids is 1. The standard InChI is InChI=1S/C43H80O6/c1-3-5-7-9-11-13-15-17-19-21-23-25-27-29-31-33-37-47-39-41(40-49-43(46)36-35-42(44)45)48-38-34-32-30-28-26-24-22-20-18-16-14-12-10-8-6-4-2/h17-20,41H,3-16,21-40H2,1-2H3,(H,44,45)/b19-17-,20-18-/t41-/m1/s1. The quantitative estimate of drug-likeness (QED) is 0.0391. The van der Waals surface area contributed by atoms with Crippen LogP contribution in [0.2, 0.25) is 0 Å². The van der Waals surface area contributed by atoms with E-state index < -0.39 is 11.9 Å². The highest BCUT2D eigenvalue weighted by Gasteiger charge is 2.14. The average Bonchev–Trinajstić information content (AvgIpc) is 3.10. The molecule has 0 aromatic carbocycles. The van der Waals surface area contributed by atoms with Crippen molar-refractivity contribution < 1.29 is 28.9 Å². The van der Waals surface area contributed by atoms with E-state index in [9.17, 15) is 9.59 Å². The molecule has 0 rings (SSSR count). The van der Waals surface area contributed by atoms with E-state index in [2.05, 4.69) is 38.2 Å². The fraction of sp³-hybridized carbons (Fsp3) is 0.860. The number of ether oxygens (including phenoxy) is 3. The van der Waals surface area contributed by atoms with Gasteiger partial charge in [0.2, 0.25) is 0 Å². The summed E-state index contributed by atoms with van der Waals surface area (Å²) in [4.78, 5) is 22.7. The van der Waals surface area contributed by atoms with Gasteiger partial charge in [-0.1, -0.05) is 154 Å². The lowest BCUT2D eigenvalue weighted by Crippen LogP contribution is -2.28. The van der Waals surface area contributed by atoms with Crippen LogP contribution in [0.25, 0.3) is 0 Å². The molecule has 0 spiro atoms. The summed E-state index contributed by atoms with van der Waals surface area (Å²) in [6.45, 7) is 6.34. The Labute approximate surface area is 303 Å². The first kappa shape index (κ1) is 47.3. The number of carboxylic acid groups (broad SMARTS) is 1. The minimum atomic E-state index is -0.997. The van der Waals surface area contributed by atoms with E-state index in [1.165, 1.54) is 161 Å². The second kappa shape index (κ2) is 40.8. The number of unbranched alkanes of at least 4 members (excludes halogenated alkanes) is 24. The third kappa shape index (κ3) is 40.7. The second-order valence-corrected chi connectivity index (χ2v) is 14.0. The van der Waals surface area contributed by atoms with Crippen molar-refractivity contribution in [2.24, 2.45) is 0 Å². The zero-order valence-corrected chi connectivity index (χ0v) is 32.4. The molecule has 0 saturated carbocycles. The number of allylic oxidation sites excluding steroid dienone is 4. The fourth-order valence-corrected chi connectivity index (χ4v) is 5.88. The van der Waals surface area contributed by atoms with E-state index in [0.717, 1.165) is 19.3 Å². The van der Waals surface area contributed by atoms with Crippen LogP contribution in [-0.4, -0.2) is 49.6 Å². The first-order valence-corrected chi connectivity index (χ1v) is 21.0. The van der Waals surface area contributed by atoms with Crippen molar-refractivity contribution in [2.45, 2.75) is 213 Å². The molecule has 0 aliphatic heterocycles. The van der Waals surface area contributed by atoms with Gasteiger partial charge in [-0.2, -0.15) is 0 Å². The molecule has 6 nitrogen and oxygen atoms in total. The van der Waals surface area contributed by atoms with Gasteiger partial charge in [-0.05, 0) is 64.2 Å². The minimum Gasteiger partial charge on any atom is -0.481 e. The van der Waals surface area contributed by atoms with Crippen molar-refractivity contribution in [1.82, 2.24) is 0 Å². The van der Waals surface area contributed by atoms with Gasteiger partial charge in [-0.25, -0.2) is 0 Å². The summed E-state index contributed by atoms with van der Waals surface area (Å²) in [5.41, 5.74) is 0. The van der Waals surface area contributed by atoms with Crippen LogP contribution in [0.15, 0.2) is 24.3 Å². The lowest BCUT2D eigenvalue weighted by Gasteiger charge is -2.18. The van der Waals surface area contributed by atoms with Gasteiger partial charge in [0.25, 0.3) is 0 Å². The molecule has 0 saturated heterocycles. The highest BCUT2D eigenvalue weighted by molar-refractivity contribution is 5.76. The van der Waals surface area contributed by atoms with Crippen LogP contribution in [0, 0.1) is 0 Å². The lowest BCUT2D eigenvalue weighted by atomic mass is 10.1. The highest BCUT2D eigenvalue weighted by Crippen LogP contribution is 2.12. The van der Waals surface area contributed by atoms with Gasteiger partial charge in [-0.15, -0.1) is 0 Å². The molecular formula is C43H80O6. The van der Waals surface area contributed by atoms with Gasteiger partial charge in [0, 0.05) is 13.2 Å². The summed E-state index contributed by atoms with van der Waals surface area (Å²) >= 11 is 0. The van der Waals surface area contributed by atoms with Crippen molar-refractivity contribution in [2.75, 3.05) is 26.4 Å². The van der Waals surface area contributed by atoms with Gasteiger partial charge in [-0.3, -0.25) is 9.59 Å². The van der Waals surface area contributed by atoms with Crippen molar-refractivity contribution in [1.29, 1.82) is 0 Å². The molecule has 49 heavy (non-hydrogen) atoms. The number of carboxylic acids is 1. The zero-order valence-electron chi connectivity index (χ0n) is 32.4. The number of hydrogen-bond acceptors (Lipinski definition) is 5. The van der Waals surface area contributed by atoms with Gasteiger partial charge in [0.15, 0.2) is 0 Å². The fourth-order valence-electron chi connectivity index (χ4n) is 5.88. The molecule has 0 heterocycles. The molecule has 0 fully saturated rings. The van der Waals surface area contributed by atoms with Crippen molar-refractivity contribution >= 4 is 11.9 Å². The predicted octanol–water partition coefficient (Wildman–Crippen LogP) is 12.9. The van der Waals surface area contributed by atoms with Crippen LogP contribution in [0.5, 0.6) is 0 Å². The topological polar surface area (TPSA) is 82.1 Å².